The van der Waals surface area contributed by atoms with Gasteiger partial charge in [-0.25, -0.2) is 0 Å². The molecule has 0 radical (unpaired) electrons. The normalized spacial score (nSPS) is 36.5. The van der Waals surface area contributed by atoms with Gasteiger partial charge in [-0.15, -0.1) is 0 Å². The summed E-state index contributed by atoms with van der Waals surface area (Å²) in [6.07, 6.45) is 18.0. The van der Waals surface area contributed by atoms with Crippen LogP contribution >= 0.6 is 0 Å². The molecule has 1 saturated heterocycles. The summed E-state index contributed by atoms with van der Waals surface area (Å²) in [5.41, 5.74) is 4.60. The second-order valence-electron chi connectivity index (χ2n) is 16.4. The van der Waals surface area contributed by atoms with Crippen molar-refractivity contribution in [2.45, 2.75) is 152 Å². The highest BCUT2D eigenvalue weighted by molar-refractivity contribution is 5.93. The van der Waals surface area contributed by atoms with Crippen LogP contribution in [0.4, 0.5) is 13.2 Å². The first-order valence-corrected chi connectivity index (χ1v) is 18.8. The van der Waals surface area contributed by atoms with Crippen LogP contribution in [-0.4, -0.2) is 34.8 Å². The van der Waals surface area contributed by atoms with E-state index in [0.29, 0.717) is 30.7 Å². The molecule has 1 spiro atoms. The molecule has 0 bridgehead atoms. The van der Waals surface area contributed by atoms with Crippen molar-refractivity contribution in [2.75, 3.05) is 6.54 Å². The number of benzene rings is 1. The molecule has 6 heteroatoms. The first-order valence-electron chi connectivity index (χ1n) is 18.8. The number of halogens is 3. The molecule has 3 saturated carbocycles. The maximum absolute atomic E-state index is 13.4. The minimum absolute atomic E-state index is 0.0156. The molecule has 4 fully saturated rings. The second kappa shape index (κ2) is 12.9. The van der Waals surface area contributed by atoms with E-state index in [0.717, 1.165) is 38.3 Å². The molecule has 0 aromatic heterocycles. The maximum Gasteiger partial charge on any atom is 0.409 e. The zero-order valence-corrected chi connectivity index (χ0v) is 28.3. The predicted octanol–water partition coefficient (Wildman–Crippen LogP) is 10.2. The fourth-order valence-corrected chi connectivity index (χ4v) is 11.1. The van der Waals surface area contributed by atoms with Crippen LogP contribution in [-0.2, 0) is 4.79 Å². The number of hydrogen-bond acceptors (Lipinski definition) is 3. The summed E-state index contributed by atoms with van der Waals surface area (Å²) in [5, 5.41) is 16.0. The van der Waals surface area contributed by atoms with E-state index in [9.17, 15) is 23.1 Å². The number of alkyl halides is 3. The van der Waals surface area contributed by atoms with Crippen LogP contribution in [0.5, 0.6) is 0 Å². The van der Waals surface area contributed by atoms with Gasteiger partial charge in [-0.3, -0.25) is 4.79 Å². The largest absolute Gasteiger partial charge is 0.409 e. The van der Waals surface area contributed by atoms with E-state index in [-0.39, 0.29) is 29.6 Å². The van der Waals surface area contributed by atoms with E-state index >= 15 is 0 Å². The molecule has 3 nitrogen and oxygen atoms in total. The van der Waals surface area contributed by atoms with Gasteiger partial charge >= 0.3 is 6.18 Å². The van der Waals surface area contributed by atoms with Crippen LogP contribution < -0.4 is 5.32 Å². The molecule has 2 N–H and O–H groups in total. The molecule has 6 atom stereocenters. The Morgan fingerprint density at radius 3 is 2.19 bits per heavy atom. The first-order chi connectivity index (χ1) is 22.5. The summed E-state index contributed by atoms with van der Waals surface area (Å²) in [5.74, 6) is 1.02. The third-order valence-corrected chi connectivity index (χ3v) is 13.8. The van der Waals surface area contributed by atoms with Crippen LogP contribution in [0.15, 0.2) is 59.2 Å². The smallest absolute Gasteiger partial charge is 0.385 e. The molecule has 1 aromatic carbocycles. The summed E-state index contributed by atoms with van der Waals surface area (Å²) in [7, 11) is 0. The molecule has 1 aliphatic heterocycles. The van der Waals surface area contributed by atoms with Crippen molar-refractivity contribution in [1.82, 2.24) is 5.32 Å². The molecule has 47 heavy (non-hydrogen) atoms. The Morgan fingerprint density at radius 2 is 1.53 bits per heavy atom. The van der Waals surface area contributed by atoms with Crippen LogP contribution in [0.25, 0.3) is 0 Å². The number of fused-ring (bicyclic) bond motifs is 4. The minimum Gasteiger partial charge on any atom is -0.385 e. The number of nitrogens with one attached hydrogen (secondary N) is 1. The number of carbonyl (C=O) groups is 1. The summed E-state index contributed by atoms with van der Waals surface area (Å²) in [4.78, 5) is 12.4. The molecule has 5 aliphatic carbocycles. The minimum atomic E-state index is -4.46. The van der Waals surface area contributed by atoms with Crippen LogP contribution in [0, 0.1) is 17.3 Å². The van der Waals surface area contributed by atoms with Crippen LogP contribution in [0.2, 0.25) is 0 Å². The summed E-state index contributed by atoms with van der Waals surface area (Å²) in [6, 6.07) is 9.15. The van der Waals surface area contributed by atoms with Crippen molar-refractivity contribution in [2.24, 2.45) is 17.3 Å². The summed E-state index contributed by atoms with van der Waals surface area (Å²) >= 11 is 0. The van der Waals surface area contributed by atoms with Gasteiger partial charge in [0.25, 0.3) is 0 Å². The van der Waals surface area contributed by atoms with E-state index in [2.05, 4.69) is 29.6 Å². The van der Waals surface area contributed by atoms with E-state index in [1.54, 1.807) is 0 Å². The van der Waals surface area contributed by atoms with Gasteiger partial charge in [-0.1, -0.05) is 81.7 Å². The zero-order chi connectivity index (χ0) is 32.9. The standard InChI is InChI=1S/C41H54F3NO2/c1-38-26-35(29-11-9-28(10-12-29)31-17-21-39(45-27-31)19-7-5-3-2-4-6-8-20-39)37-33-16-14-32(46)25-30(33)13-15-34(37)36(38)18-22-40(38,47)23-24-41(42,43)44/h9-12,23-25,31,34-36,45,47H,2-8,13-22,26-27H2,1H3/b24-23+/t31?,34?,35-,36?,38+,40-/m1/s1. The number of aliphatic hydroxyl groups is 1. The van der Waals surface area contributed by atoms with Gasteiger partial charge < -0.3 is 10.4 Å². The molecular formula is C41H54F3NO2. The topological polar surface area (TPSA) is 49.3 Å². The number of piperidine rings is 1. The molecule has 3 unspecified atom stereocenters. The Hall–Kier alpha value is -2.18. The SMILES string of the molecule is C[C@]12C[C@H](c3ccc(C4CCC5(CCCCCCCCC5)NC4)cc3)C3=C4CCC(=O)C=C4CCC3C1CC[C@@]2(O)/C=C/C(F)(F)F. The lowest BCUT2D eigenvalue weighted by Crippen LogP contribution is -2.51. The molecule has 1 heterocycles. The van der Waals surface area contributed by atoms with Crippen molar-refractivity contribution < 1.29 is 23.1 Å². The zero-order valence-electron chi connectivity index (χ0n) is 28.3. The van der Waals surface area contributed by atoms with E-state index in [4.69, 9.17) is 0 Å². The van der Waals surface area contributed by atoms with E-state index in [1.807, 2.05) is 13.0 Å². The van der Waals surface area contributed by atoms with Gasteiger partial charge in [-0.2, -0.15) is 13.2 Å². The van der Waals surface area contributed by atoms with Gasteiger partial charge in [0.2, 0.25) is 0 Å². The predicted molar refractivity (Wildman–Crippen MR) is 181 cm³/mol. The Morgan fingerprint density at radius 1 is 0.851 bits per heavy atom. The van der Waals surface area contributed by atoms with Crippen molar-refractivity contribution in [1.29, 1.82) is 0 Å². The fraction of sp³-hybridized carbons (Fsp3) is 0.683. The molecule has 256 valence electrons. The van der Waals surface area contributed by atoms with Gasteiger partial charge in [0.1, 0.15) is 0 Å². The highest BCUT2D eigenvalue weighted by atomic mass is 19.4. The lowest BCUT2D eigenvalue weighted by atomic mass is 9.51. The summed E-state index contributed by atoms with van der Waals surface area (Å²) in [6.45, 7) is 3.06. The average Bonchev–Trinajstić information content (AvgIpc) is 3.33. The number of rotatable bonds is 3. The van der Waals surface area contributed by atoms with Gasteiger partial charge in [0.05, 0.1) is 5.60 Å². The molecule has 7 rings (SSSR count). The Labute approximate surface area is 279 Å². The molecular weight excluding hydrogens is 595 g/mol. The Kier molecular flexibility index (Phi) is 9.17. The van der Waals surface area contributed by atoms with Crippen LogP contribution in [0.1, 0.15) is 145 Å². The lowest BCUT2D eigenvalue weighted by molar-refractivity contribution is -0.114. The second-order valence-corrected chi connectivity index (χ2v) is 16.4. The first kappa shape index (κ1) is 33.3. The van der Waals surface area contributed by atoms with Crippen LogP contribution in [0.3, 0.4) is 0 Å². The lowest BCUT2D eigenvalue weighted by Gasteiger charge is -2.54. The van der Waals surface area contributed by atoms with Gasteiger partial charge in [-0.05, 0) is 116 Å². The molecule has 0 amide bonds. The quantitative estimate of drug-likeness (QED) is 0.321. The monoisotopic (exact) mass is 649 g/mol. The van der Waals surface area contributed by atoms with Gasteiger partial charge in [0.15, 0.2) is 5.78 Å². The highest BCUT2D eigenvalue weighted by Crippen LogP contribution is 2.67. The fourth-order valence-electron chi connectivity index (χ4n) is 11.1. The number of allylic oxidation sites excluding steroid dienone is 5. The van der Waals surface area contributed by atoms with Crippen molar-refractivity contribution in [3.63, 3.8) is 0 Å². The number of hydrogen-bond donors (Lipinski definition) is 2. The number of carbonyl (C=O) groups excluding carboxylic acids is 1. The Balaban J connectivity index is 1.16. The van der Waals surface area contributed by atoms with Gasteiger partial charge in [0, 0.05) is 35.9 Å². The third-order valence-electron chi connectivity index (χ3n) is 13.8. The van der Waals surface area contributed by atoms with E-state index in [1.165, 1.54) is 98.5 Å². The van der Waals surface area contributed by atoms with E-state index < -0.39 is 17.2 Å². The number of ketones is 1. The maximum atomic E-state index is 13.4. The average molecular weight is 650 g/mol. The molecule has 6 aliphatic rings. The highest BCUT2D eigenvalue weighted by Gasteiger charge is 2.62. The summed E-state index contributed by atoms with van der Waals surface area (Å²) < 4.78 is 40.1. The van der Waals surface area contributed by atoms with Crippen molar-refractivity contribution in [3.8, 4) is 0 Å². The van der Waals surface area contributed by atoms with Crippen molar-refractivity contribution in [3.05, 3.63) is 70.3 Å². The third kappa shape index (κ3) is 6.47. The Bertz CT molecular complexity index is 1400. The van der Waals surface area contributed by atoms with Crippen molar-refractivity contribution >= 4 is 5.78 Å². The molecule has 1 aromatic rings.